The van der Waals surface area contributed by atoms with Crippen LogP contribution < -0.4 is 21.7 Å². The molecule has 0 saturated heterocycles. The number of aromatic nitrogens is 1. The van der Waals surface area contributed by atoms with E-state index in [1.165, 1.54) is 42.7 Å². The summed E-state index contributed by atoms with van der Waals surface area (Å²) < 4.78 is 7.74. The number of methoxy groups -OCH3 is 1. The molecule has 0 amide bonds. The van der Waals surface area contributed by atoms with Crippen LogP contribution in [0.2, 0.25) is 0 Å². The van der Waals surface area contributed by atoms with Gasteiger partial charge in [0.1, 0.15) is 12.8 Å². The number of pyridine rings is 1. The maximum atomic E-state index is 5.44. The SMILES string of the molecule is COc1ccc2c(c1)-c1cccc3c1c(c1ccccc1[n+]3C)S2.[Cl-]. The summed E-state index contributed by atoms with van der Waals surface area (Å²) in [6.07, 6.45) is 0. The Morgan fingerprint density at radius 3 is 2.52 bits per heavy atom. The summed E-state index contributed by atoms with van der Waals surface area (Å²) in [5.74, 6) is 0.903. The molecular formula is C21H16ClNOS. The first-order valence-corrected chi connectivity index (χ1v) is 8.79. The quantitative estimate of drug-likeness (QED) is 0.333. The van der Waals surface area contributed by atoms with Crippen molar-refractivity contribution >= 4 is 33.6 Å². The van der Waals surface area contributed by atoms with Crippen molar-refractivity contribution in [2.24, 2.45) is 7.05 Å². The van der Waals surface area contributed by atoms with E-state index in [0.29, 0.717) is 0 Å². The summed E-state index contributed by atoms with van der Waals surface area (Å²) in [5.41, 5.74) is 5.08. The van der Waals surface area contributed by atoms with Crippen molar-refractivity contribution in [1.82, 2.24) is 0 Å². The van der Waals surface area contributed by atoms with Crippen LogP contribution in [0, 0.1) is 0 Å². The van der Waals surface area contributed by atoms with Gasteiger partial charge in [-0.25, -0.2) is 0 Å². The lowest BCUT2D eigenvalue weighted by atomic mass is 9.98. The number of halogens is 1. The van der Waals surface area contributed by atoms with Gasteiger partial charge >= 0.3 is 0 Å². The second kappa shape index (κ2) is 5.94. The van der Waals surface area contributed by atoms with Crippen molar-refractivity contribution < 1.29 is 21.7 Å². The largest absolute Gasteiger partial charge is 1.00 e. The van der Waals surface area contributed by atoms with Crippen LogP contribution in [0.25, 0.3) is 32.9 Å². The minimum atomic E-state index is 0. The highest BCUT2D eigenvalue weighted by Gasteiger charge is 2.26. The molecular weight excluding hydrogens is 350 g/mol. The highest BCUT2D eigenvalue weighted by molar-refractivity contribution is 8.00. The molecule has 2 heterocycles. The van der Waals surface area contributed by atoms with Gasteiger partial charge in [0.2, 0.25) is 11.0 Å². The van der Waals surface area contributed by atoms with Crippen molar-refractivity contribution in [3.63, 3.8) is 0 Å². The molecule has 0 saturated carbocycles. The smallest absolute Gasteiger partial charge is 0.214 e. The van der Waals surface area contributed by atoms with Crippen molar-refractivity contribution in [3.8, 4) is 16.9 Å². The molecule has 0 radical (unpaired) electrons. The number of benzene rings is 3. The van der Waals surface area contributed by atoms with Gasteiger partial charge in [-0.05, 0) is 29.8 Å². The lowest BCUT2D eigenvalue weighted by Crippen LogP contribution is -3.00. The van der Waals surface area contributed by atoms with Crippen LogP contribution in [0.4, 0.5) is 0 Å². The number of hydrogen-bond acceptors (Lipinski definition) is 2. The topological polar surface area (TPSA) is 13.1 Å². The standard InChI is InChI=1S/C21H16NOS.ClH/c1-22-17-8-4-3-6-15(17)21-20-14(7-5-9-18(20)22)16-12-13(23-2)10-11-19(16)24-21;/h3-12H,1-2H3;1H/q+1;/p-1. The van der Waals surface area contributed by atoms with Crippen LogP contribution in [0.3, 0.4) is 0 Å². The van der Waals surface area contributed by atoms with Gasteiger partial charge in [0, 0.05) is 27.5 Å². The van der Waals surface area contributed by atoms with Crippen LogP contribution in [-0.4, -0.2) is 7.11 Å². The zero-order chi connectivity index (χ0) is 16.3. The van der Waals surface area contributed by atoms with Crippen molar-refractivity contribution in [2.45, 2.75) is 9.79 Å². The van der Waals surface area contributed by atoms with Gasteiger partial charge in [-0.15, -0.1) is 0 Å². The molecule has 124 valence electrons. The lowest BCUT2D eigenvalue weighted by molar-refractivity contribution is -0.617. The number of ether oxygens (including phenoxy) is 1. The van der Waals surface area contributed by atoms with Crippen LogP contribution in [0.5, 0.6) is 5.75 Å². The molecule has 25 heavy (non-hydrogen) atoms. The Labute approximate surface area is 156 Å². The number of hydrogen-bond donors (Lipinski definition) is 0. The minimum absolute atomic E-state index is 0. The average Bonchev–Trinajstić information content (AvgIpc) is 2.65. The predicted molar refractivity (Wildman–Crippen MR) is 98.7 cm³/mol. The molecule has 4 heteroatoms. The van der Waals surface area contributed by atoms with E-state index < -0.39 is 0 Å². The van der Waals surface area contributed by atoms with Gasteiger partial charge in [-0.3, -0.25) is 0 Å². The van der Waals surface area contributed by atoms with Crippen LogP contribution in [-0.2, 0) is 7.05 Å². The van der Waals surface area contributed by atoms with Crippen LogP contribution >= 0.6 is 11.8 Å². The average molecular weight is 366 g/mol. The number of rotatable bonds is 1. The molecule has 5 rings (SSSR count). The van der Waals surface area contributed by atoms with E-state index in [9.17, 15) is 0 Å². The van der Waals surface area contributed by atoms with Crippen LogP contribution in [0.15, 0.2) is 70.5 Å². The molecule has 0 N–H and O–H groups in total. The Morgan fingerprint density at radius 1 is 0.880 bits per heavy atom. The second-order valence-corrected chi connectivity index (χ2v) is 7.12. The van der Waals surface area contributed by atoms with E-state index in [1.807, 2.05) is 17.8 Å². The first-order valence-electron chi connectivity index (χ1n) is 7.97. The van der Waals surface area contributed by atoms with Gasteiger partial charge in [-0.2, -0.15) is 4.57 Å². The molecule has 0 spiro atoms. The monoisotopic (exact) mass is 365 g/mol. The molecule has 1 aliphatic heterocycles. The fourth-order valence-electron chi connectivity index (χ4n) is 3.66. The Hall–Kier alpha value is -2.23. The maximum absolute atomic E-state index is 5.44. The number of nitrogens with zero attached hydrogens (tertiary/aromatic N) is 1. The molecule has 4 aromatic rings. The van der Waals surface area contributed by atoms with Crippen molar-refractivity contribution in [2.75, 3.05) is 7.11 Å². The molecule has 0 bridgehead atoms. The Morgan fingerprint density at radius 2 is 1.68 bits per heavy atom. The molecule has 1 aliphatic rings. The Kier molecular flexibility index (Phi) is 3.86. The van der Waals surface area contributed by atoms with Gasteiger partial charge in [-0.1, -0.05) is 36.0 Å². The summed E-state index contributed by atoms with van der Waals surface area (Å²) in [7, 11) is 3.87. The third kappa shape index (κ3) is 2.23. The van der Waals surface area contributed by atoms with Gasteiger partial charge < -0.3 is 17.1 Å². The van der Waals surface area contributed by atoms with Crippen molar-refractivity contribution in [1.29, 1.82) is 0 Å². The number of para-hydroxylation sites is 1. The fraction of sp³-hybridized carbons (Fsp3) is 0.0952. The lowest BCUT2D eigenvalue weighted by Gasteiger charge is -2.21. The highest BCUT2D eigenvalue weighted by Crippen LogP contribution is 2.50. The van der Waals surface area contributed by atoms with Crippen molar-refractivity contribution in [3.05, 3.63) is 60.7 Å². The predicted octanol–water partition coefficient (Wildman–Crippen LogP) is 1.96. The third-order valence-electron chi connectivity index (χ3n) is 4.83. The fourth-order valence-corrected chi connectivity index (χ4v) is 4.89. The Balaban J connectivity index is 0.00000157. The van der Waals surface area contributed by atoms with E-state index in [0.717, 1.165) is 5.75 Å². The maximum Gasteiger partial charge on any atom is 0.214 e. The molecule has 0 aliphatic carbocycles. The zero-order valence-corrected chi connectivity index (χ0v) is 15.5. The van der Waals surface area contributed by atoms with Gasteiger partial charge in [0.25, 0.3) is 0 Å². The normalized spacial score (nSPS) is 11.9. The zero-order valence-electron chi connectivity index (χ0n) is 13.9. The Bertz CT molecular complexity index is 1140. The first-order chi connectivity index (χ1) is 11.8. The van der Waals surface area contributed by atoms with E-state index in [1.54, 1.807) is 7.11 Å². The summed E-state index contributed by atoms with van der Waals surface area (Å²) in [4.78, 5) is 2.64. The molecule has 0 atom stereocenters. The highest BCUT2D eigenvalue weighted by atomic mass is 35.5. The minimum Gasteiger partial charge on any atom is -1.00 e. The van der Waals surface area contributed by atoms with Crippen LogP contribution in [0.1, 0.15) is 0 Å². The molecule has 1 aromatic heterocycles. The second-order valence-electron chi connectivity index (χ2n) is 6.07. The van der Waals surface area contributed by atoms with E-state index >= 15 is 0 Å². The number of aryl methyl sites for hydroxylation is 1. The summed E-state index contributed by atoms with van der Waals surface area (Å²) in [5, 5.41) is 2.65. The molecule has 0 fully saturated rings. The first kappa shape index (κ1) is 16.2. The third-order valence-corrected chi connectivity index (χ3v) is 6.03. The van der Waals surface area contributed by atoms with E-state index in [-0.39, 0.29) is 12.4 Å². The van der Waals surface area contributed by atoms with Gasteiger partial charge in [0.15, 0.2) is 0 Å². The summed E-state index contributed by atoms with van der Waals surface area (Å²) in [6.45, 7) is 0. The molecule has 3 aromatic carbocycles. The summed E-state index contributed by atoms with van der Waals surface area (Å²) >= 11 is 1.86. The number of fused-ring (bicyclic) bond motifs is 4. The van der Waals surface area contributed by atoms with E-state index in [4.69, 9.17) is 4.74 Å². The molecule has 0 unspecified atom stereocenters. The summed E-state index contributed by atoms with van der Waals surface area (Å²) in [6, 6.07) is 21.6. The van der Waals surface area contributed by atoms with Gasteiger partial charge in [0.05, 0.1) is 17.9 Å². The van der Waals surface area contributed by atoms with E-state index in [2.05, 4.69) is 66.2 Å². The molecule has 2 nitrogen and oxygen atoms in total.